The van der Waals surface area contributed by atoms with E-state index in [1.165, 1.54) is 37.9 Å². The van der Waals surface area contributed by atoms with Gasteiger partial charge in [0.05, 0.1) is 11.9 Å². The summed E-state index contributed by atoms with van der Waals surface area (Å²) in [6.45, 7) is 4.34. The maximum absolute atomic E-state index is 12.8. The molecule has 0 radical (unpaired) electrons. The number of hydrogen-bond acceptors (Lipinski definition) is 2. The van der Waals surface area contributed by atoms with Crippen molar-refractivity contribution in [2.75, 3.05) is 0 Å². The molecule has 0 saturated heterocycles. The average molecular weight is 236 g/mol. The summed E-state index contributed by atoms with van der Waals surface area (Å²) < 4.78 is 12.8. The third-order valence-electron chi connectivity index (χ3n) is 3.81. The van der Waals surface area contributed by atoms with Gasteiger partial charge < -0.3 is 5.32 Å². The Morgan fingerprint density at radius 1 is 1.29 bits per heavy atom. The van der Waals surface area contributed by atoms with Gasteiger partial charge in [-0.25, -0.2) is 4.39 Å². The van der Waals surface area contributed by atoms with Crippen LogP contribution in [0.1, 0.15) is 51.3 Å². The van der Waals surface area contributed by atoms with E-state index in [2.05, 4.69) is 24.1 Å². The van der Waals surface area contributed by atoms with Crippen LogP contribution in [0.5, 0.6) is 0 Å². The van der Waals surface area contributed by atoms with Crippen LogP contribution < -0.4 is 5.32 Å². The van der Waals surface area contributed by atoms with Crippen LogP contribution in [0, 0.1) is 11.7 Å². The zero-order chi connectivity index (χ0) is 12.3. The van der Waals surface area contributed by atoms with E-state index in [4.69, 9.17) is 0 Å². The molecular formula is C14H21FN2. The number of pyridine rings is 1. The fraction of sp³-hybridized carbons (Fsp3) is 0.643. The van der Waals surface area contributed by atoms with Crippen molar-refractivity contribution in [2.24, 2.45) is 5.92 Å². The van der Waals surface area contributed by atoms with E-state index in [0.717, 1.165) is 11.6 Å². The first-order valence-corrected chi connectivity index (χ1v) is 6.54. The van der Waals surface area contributed by atoms with Crippen molar-refractivity contribution in [3.05, 3.63) is 29.8 Å². The minimum absolute atomic E-state index is 0.186. The molecule has 1 fully saturated rings. The van der Waals surface area contributed by atoms with Crippen molar-refractivity contribution < 1.29 is 4.39 Å². The molecule has 0 bridgehead atoms. The van der Waals surface area contributed by atoms with Gasteiger partial charge in [-0.05, 0) is 44.7 Å². The largest absolute Gasteiger partial charge is 0.306 e. The first-order chi connectivity index (χ1) is 8.16. The van der Waals surface area contributed by atoms with Gasteiger partial charge in [0.1, 0.15) is 5.82 Å². The minimum atomic E-state index is -0.273. The third-order valence-corrected chi connectivity index (χ3v) is 3.81. The molecule has 1 aliphatic carbocycles. The van der Waals surface area contributed by atoms with E-state index >= 15 is 0 Å². The molecule has 94 valence electrons. The molecule has 1 unspecified atom stereocenters. The molecule has 0 spiro atoms. The van der Waals surface area contributed by atoms with Gasteiger partial charge in [0.25, 0.3) is 0 Å². The summed E-state index contributed by atoms with van der Waals surface area (Å²) in [4.78, 5) is 4.12. The van der Waals surface area contributed by atoms with Crippen LogP contribution in [0.25, 0.3) is 0 Å². The molecule has 3 heteroatoms. The summed E-state index contributed by atoms with van der Waals surface area (Å²) >= 11 is 0. The Hall–Kier alpha value is -0.960. The van der Waals surface area contributed by atoms with Crippen LogP contribution in [-0.2, 0) is 0 Å². The third kappa shape index (κ3) is 3.25. The monoisotopic (exact) mass is 236 g/mol. The first kappa shape index (κ1) is 12.5. The molecule has 2 atom stereocenters. The van der Waals surface area contributed by atoms with E-state index in [-0.39, 0.29) is 11.9 Å². The van der Waals surface area contributed by atoms with Crippen molar-refractivity contribution in [1.29, 1.82) is 0 Å². The maximum Gasteiger partial charge on any atom is 0.141 e. The van der Waals surface area contributed by atoms with Gasteiger partial charge in [-0.1, -0.05) is 12.8 Å². The summed E-state index contributed by atoms with van der Waals surface area (Å²) in [5.74, 6) is 0.516. The smallest absolute Gasteiger partial charge is 0.141 e. The molecule has 1 N–H and O–H groups in total. The van der Waals surface area contributed by atoms with E-state index in [1.54, 1.807) is 6.07 Å². The molecule has 1 saturated carbocycles. The SMILES string of the molecule is CC(N[C@H](C)C1CCCC1)c1ccc(F)cn1. The number of hydrogen-bond donors (Lipinski definition) is 1. The van der Waals surface area contributed by atoms with Crippen molar-refractivity contribution in [3.8, 4) is 0 Å². The molecule has 17 heavy (non-hydrogen) atoms. The molecule has 1 aliphatic rings. The van der Waals surface area contributed by atoms with Crippen LogP contribution in [-0.4, -0.2) is 11.0 Å². The van der Waals surface area contributed by atoms with Crippen molar-refractivity contribution >= 4 is 0 Å². The minimum Gasteiger partial charge on any atom is -0.306 e. The van der Waals surface area contributed by atoms with Crippen molar-refractivity contribution in [2.45, 2.75) is 51.6 Å². The zero-order valence-corrected chi connectivity index (χ0v) is 10.6. The highest BCUT2D eigenvalue weighted by Crippen LogP contribution is 2.28. The molecule has 0 amide bonds. The van der Waals surface area contributed by atoms with E-state index < -0.39 is 0 Å². The second kappa shape index (κ2) is 5.58. The van der Waals surface area contributed by atoms with Crippen LogP contribution in [0.3, 0.4) is 0 Å². The predicted molar refractivity (Wildman–Crippen MR) is 67.2 cm³/mol. The highest BCUT2D eigenvalue weighted by atomic mass is 19.1. The van der Waals surface area contributed by atoms with Crippen LogP contribution in [0.15, 0.2) is 18.3 Å². The van der Waals surface area contributed by atoms with Gasteiger partial charge in [-0.2, -0.15) is 0 Å². The predicted octanol–water partition coefficient (Wildman–Crippen LogP) is 3.45. The molecule has 1 aromatic heterocycles. The normalized spacial score (nSPS) is 20.4. The van der Waals surface area contributed by atoms with E-state index in [9.17, 15) is 4.39 Å². The molecule has 0 aliphatic heterocycles. The van der Waals surface area contributed by atoms with Gasteiger partial charge in [0, 0.05) is 12.1 Å². The standard InChI is InChI=1S/C14H21FN2/c1-10(12-5-3-4-6-12)17-11(2)14-8-7-13(15)9-16-14/h7-12,17H,3-6H2,1-2H3/t10-,11?/m1/s1. The van der Waals surface area contributed by atoms with Crippen LogP contribution >= 0.6 is 0 Å². The Bertz CT molecular complexity index is 344. The lowest BCUT2D eigenvalue weighted by molar-refractivity contribution is 0.350. The summed E-state index contributed by atoms with van der Waals surface area (Å²) in [5, 5.41) is 3.57. The Balaban J connectivity index is 1.91. The second-order valence-corrected chi connectivity index (χ2v) is 5.12. The fourth-order valence-corrected chi connectivity index (χ4v) is 2.72. The first-order valence-electron chi connectivity index (χ1n) is 6.54. The lowest BCUT2D eigenvalue weighted by atomic mass is 9.98. The van der Waals surface area contributed by atoms with Gasteiger partial charge >= 0.3 is 0 Å². The molecule has 0 aromatic carbocycles. The van der Waals surface area contributed by atoms with Crippen molar-refractivity contribution in [1.82, 2.24) is 10.3 Å². The summed E-state index contributed by atoms with van der Waals surface area (Å²) in [6, 6.07) is 3.93. The Morgan fingerprint density at radius 3 is 2.59 bits per heavy atom. The molecule has 2 rings (SSSR count). The number of nitrogens with zero attached hydrogens (tertiary/aromatic N) is 1. The molecule has 2 nitrogen and oxygen atoms in total. The lowest BCUT2D eigenvalue weighted by Crippen LogP contribution is -2.34. The summed E-state index contributed by atoms with van der Waals surface area (Å²) in [5.41, 5.74) is 0.913. The number of nitrogens with one attached hydrogen (secondary N) is 1. The Labute approximate surface area is 103 Å². The second-order valence-electron chi connectivity index (χ2n) is 5.12. The fourth-order valence-electron chi connectivity index (χ4n) is 2.72. The Kier molecular flexibility index (Phi) is 4.11. The highest BCUT2D eigenvalue weighted by Gasteiger charge is 2.22. The summed E-state index contributed by atoms with van der Waals surface area (Å²) in [6.07, 6.45) is 6.67. The van der Waals surface area contributed by atoms with Crippen LogP contribution in [0.2, 0.25) is 0 Å². The number of rotatable bonds is 4. The van der Waals surface area contributed by atoms with Crippen LogP contribution in [0.4, 0.5) is 4.39 Å². The highest BCUT2D eigenvalue weighted by molar-refractivity contribution is 5.09. The quantitative estimate of drug-likeness (QED) is 0.866. The number of halogens is 1. The maximum atomic E-state index is 12.8. The van der Waals surface area contributed by atoms with Gasteiger partial charge in [-0.15, -0.1) is 0 Å². The average Bonchev–Trinajstić information content (AvgIpc) is 2.83. The summed E-state index contributed by atoms with van der Waals surface area (Å²) in [7, 11) is 0. The number of aromatic nitrogens is 1. The zero-order valence-electron chi connectivity index (χ0n) is 10.6. The van der Waals surface area contributed by atoms with E-state index in [1.807, 2.05) is 0 Å². The van der Waals surface area contributed by atoms with Gasteiger partial charge in [0.2, 0.25) is 0 Å². The Morgan fingerprint density at radius 2 is 2.00 bits per heavy atom. The van der Waals surface area contributed by atoms with Gasteiger partial charge in [-0.3, -0.25) is 4.98 Å². The topological polar surface area (TPSA) is 24.9 Å². The van der Waals surface area contributed by atoms with Crippen molar-refractivity contribution in [3.63, 3.8) is 0 Å². The molecule has 1 heterocycles. The molecular weight excluding hydrogens is 215 g/mol. The van der Waals surface area contributed by atoms with E-state index in [0.29, 0.717) is 6.04 Å². The lowest BCUT2D eigenvalue weighted by Gasteiger charge is -2.24. The molecule has 1 aromatic rings. The van der Waals surface area contributed by atoms with Gasteiger partial charge in [0.15, 0.2) is 0 Å².